The Morgan fingerprint density at radius 3 is 2.74 bits per heavy atom. The summed E-state index contributed by atoms with van der Waals surface area (Å²) < 4.78 is 17.8. The molecular formula is C13H13ClFNO3. The summed E-state index contributed by atoms with van der Waals surface area (Å²) in [5.74, 6) is -1.41. The maximum absolute atomic E-state index is 12.8. The molecule has 1 atom stereocenters. The number of amides is 1. The molecule has 0 bridgehead atoms. The van der Waals surface area contributed by atoms with E-state index in [1.54, 1.807) is 0 Å². The summed E-state index contributed by atoms with van der Waals surface area (Å²) in [6.07, 6.45) is 0.725. The van der Waals surface area contributed by atoms with Gasteiger partial charge in [-0.2, -0.15) is 0 Å². The number of nitrogens with one attached hydrogen (secondary N) is 1. The van der Waals surface area contributed by atoms with E-state index in [1.165, 1.54) is 19.1 Å². The second-order valence-electron chi connectivity index (χ2n) is 4.47. The van der Waals surface area contributed by atoms with Crippen LogP contribution in [0.2, 0.25) is 5.02 Å². The fraction of sp³-hybridized carbons (Fsp3) is 0.385. The SMILES string of the molecule is C[C@@H](OC(=O)C1CC1)C(=O)Nc1ccc(F)cc1Cl. The molecule has 2 rings (SSSR count). The Bertz CT molecular complexity index is 517. The summed E-state index contributed by atoms with van der Waals surface area (Å²) >= 11 is 5.78. The Labute approximate surface area is 114 Å². The minimum atomic E-state index is -0.908. The first-order valence-corrected chi connectivity index (χ1v) is 6.31. The molecule has 1 amide bonds. The topological polar surface area (TPSA) is 55.4 Å². The van der Waals surface area contributed by atoms with Gasteiger partial charge >= 0.3 is 5.97 Å². The predicted molar refractivity (Wildman–Crippen MR) is 68.3 cm³/mol. The molecule has 1 N–H and O–H groups in total. The van der Waals surface area contributed by atoms with Crippen molar-refractivity contribution < 1.29 is 18.7 Å². The van der Waals surface area contributed by atoms with Gasteiger partial charge in [0.2, 0.25) is 0 Å². The van der Waals surface area contributed by atoms with E-state index in [9.17, 15) is 14.0 Å². The molecule has 0 radical (unpaired) electrons. The molecule has 4 nitrogen and oxygen atoms in total. The van der Waals surface area contributed by atoms with Crippen LogP contribution >= 0.6 is 11.6 Å². The molecule has 1 aliphatic rings. The Hall–Kier alpha value is -1.62. The molecule has 0 heterocycles. The number of carbonyl (C=O) groups excluding carboxylic acids is 2. The average molecular weight is 286 g/mol. The third-order valence-electron chi connectivity index (χ3n) is 2.76. The molecular weight excluding hydrogens is 273 g/mol. The van der Waals surface area contributed by atoms with E-state index in [2.05, 4.69) is 5.32 Å². The normalized spacial score (nSPS) is 15.7. The molecule has 0 aliphatic heterocycles. The summed E-state index contributed by atoms with van der Waals surface area (Å²) in [6.45, 7) is 1.48. The van der Waals surface area contributed by atoms with Crippen molar-refractivity contribution in [2.75, 3.05) is 5.32 Å². The zero-order chi connectivity index (χ0) is 14.0. The first-order chi connectivity index (χ1) is 8.97. The minimum Gasteiger partial charge on any atom is -0.452 e. The molecule has 1 saturated carbocycles. The van der Waals surface area contributed by atoms with Gasteiger partial charge in [0, 0.05) is 0 Å². The summed E-state index contributed by atoms with van der Waals surface area (Å²) in [6, 6.07) is 3.63. The van der Waals surface area contributed by atoms with E-state index in [-0.39, 0.29) is 22.6 Å². The first kappa shape index (κ1) is 13.8. The Balaban J connectivity index is 1.93. The van der Waals surface area contributed by atoms with Gasteiger partial charge in [0.1, 0.15) is 5.82 Å². The molecule has 1 aromatic rings. The highest BCUT2D eigenvalue weighted by Crippen LogP contribution is 2.30. The lowest BCUT2D eigenvalue weighted by Gasteiger charge is -2.14. The summed E-state index contributed by atoms with van der Waals surface area (Å²) in [4.78, 5) is 23.2. The first-order valence-electron chi connectivity index (χ1n) is 5.94. The number of halogens is 2. The van der Waals surface area contributed by atoms with Crippen LogP contribution in [0.15, 0.2) is 18.2 Å². The summed E-state index contributed by atoms with van der Waals surface area (Å²) in [5, 5.41) is 2.58. The van der Waals surface area contributed by atoms with Crippen LogP contribution in [-0.4, -0.2) is 18.0 Å². The molecule has 0 saturated heterocycles. The van der Waals surface area contributed by atoms with Crippen molar-refractivity contribution in [2.24, 2.45) is 5.92 Å². The molecule has 1 aliphatic carbocycles. The standard InChI is InChI=1S/C13H13ClFNO3/c1-7(19-13(18)8-2-3-8)12(17)16-11-5-4-9(15)6-10(11)14/h4-8H,2-3H2,1H3,(H,16,17)/t7-/m1/s1. The molecule has 0 unspecified atom stereocenters. The lowest BCUT2D eigenvalue weighted by molar-refractivity contribution is -0.154. The van der Waals surface area contributed by atoms with Crippen LogP contribution in [0, 0.1) is 11.7 Å². The van der Waals surface area contributed by atoms with Crippen molar-refractivity contribution in [3.63, 3.8) is 0 Å². The second kappa shape index (κ2) is 5.57. The van der Waals surface area contributed by atoms with Gasteiger partial charge in [-0.1, -0.05) is 11.6 Å². The van der Waals surface area contributed by atoms with Gasteiger partial charge < -0.3 is 10.1 Å². The van der Waals surface area contributed by atoms with Crippen molar-refractivity contribution in [1.29, 1.82) is 0 Å². The number of esters is 1. The largest absolute Gasteiger partial charge is 0.452 e. The van der Waals surface area contributed by atoms with Gasteiger partial charge in [-0.05, 0) is 38.0 Å². The zero-order valence-corrected chi connectivity index (χ0v) is 11.0. The summed E-state index contributed by atoms with van der Waals surface area (Å²) in [5.41, 5.74) is 0.280. The van der Waals surface area contributed by atoms with E-state index in [4.69, 9.17) is 16.3 Å². The average Bonchev–Trinajstić information content (AvgIpc) is 3.16. The van der Waals surface area contributed by atoms with Gasteiger partial charge in [0.05, 0.1) is 16.6 Å². The highest BCUT2D eigenvalue weighted by Gasteiger charge is 2.33. The number of anilines is 1. The lowest BCUT2D eigenvalue weighted by atomic mass is 10.3. The number of ether oxygens (including phenoxy) is 1. The molecule has 19 heavy (non-hydrogen) atoms. The highest BCUT2D eigenvalue weighted by atomic mass is 35.5. The van der Waals surface area contributed by atoms with Gasteiger partial charge in [-0.15, -0.1) is 0 Å². The van der Waals surface area contributed by atoms with E-state index in [1.807, 2.05) is 0 Å². The fourth-order valence-corrected chi connectivity index (χ4v) is 1.68. The van der Waals surface area contributed by atoms with Crippen LogP contribution in [0.5, 0.6) is 0 Å². The maximum atomic E-state index is 12.8. The number of carbonyl (C=O) groups is 2. The van der Waals surface area contributed by atoms with Crippen LogP contribution in [0.1, 0.15) is 19.8 Å². The quantitative estimate of drug-likeness (QED) is 0.866. The molecule has 1 aromatic carbocycles. The van der Waals surface area contributed by atoms with E-state index >= 15 is 0 Å². The molecule has 1 fully saturated rings. The number of hydrogen-bond donors (Lipinski definition) is 1. The number of hydrogen-bond acceptors (Lipinski definition) is 3. The minimum absolute atomic E-state index is 0.0651. The monoisotopic (exact) mass is 285 g/mol. The van der Waals surface area contributed by atoms with Crippen molar-refractivity contribution in [3.8, 4) is 0 Å². The fourth-order valence-electron chi connectivity index (χ4n) is 1.47. The van der Waals surface area contributed by atoms with Gasteiger partial charge in [-0.3, -0.25) is 9.59 Å². The van der Waals surface area contributed by atoms with Gasteiger partial charge in [0.15, 0.2) is 6.10 Å². The van der Waals surface area contributed by atoms with Crippen LogP contribution in [0.3, 0.4) is 0 Å². The zero-order valence-electron chi connectivity index (χ0n) is 10.3. The smallest absolute Gasteiger partial charge is 0.309 e. The Morgan fingerprint density at radius 1 is 1.47 bits per heavy atom. The maximum Gasteiger partial charge on any atom is 0.309 e. The van der Waals surface area contributed by atoms with Crippen molar-refractivity contribution in [3.05, 3.63) is 29.0 Å². The van der Waals surface area contributed by atoms with Crippen molar-refractivity contribution in [1.82, 2.24) is 0 Å². The third-order valence-corrected chi connectivity index (χ3v) is 3.07. The van der Waals surface area contributed by atoms with Crippen LogP contribution in [-0.2, 0) is 14.3 Å². The van der Waals surface area contributed by atoms with E-state index in [0.717, 1.165) is 18.9 Å². The lowest BCUT2D eigenvalue weighted by Crippen LogP contribution is -2.30. The van der Waals surface area contributed by atoms with Gasteiger partial charge in [0.25, 0.3) is 5.91 Å². The number of benzene rings is 1. The van der Waals surface area contributed by atoms with E-state index < -0.39 is 17.8 Å². The van der Waals surface area contributed by atoms with Crippen molar-refractivity contribution in [2.45, 2.75) is 25.9 Å². The van der Waals surface area contributed by atoms with Crippen LogP contribution in [0.4, 0.5) is 10.1 Å². The van der Waals surface area contributed by atoms with Crippen LogP contribution < -0.4 is 5.32 Å². The van der Waals surface area contributed by atoms with Crippen LogP contribution in [0.25, 0.3) is 0 Å². The predicted octanol–water partition coefficient (Wildman–Crippen LogP) is 2.76. The molecule has 0 aromatic heterocycles. The third kappa shape index (κ3) is 3.67. The van der Waals surface area contributed by atoms with E-state index in [0.29, 0.717) is 0 Å². The molecule has 6 heteroatoms. The second-order valence-corrected chi connectivity index (χ2v) is 4.87. The molecule has 0 spiro atoms. The highest BCUT2D eigenvalue weighted by molar-refractivity contribution is 6.33. The Kier molecular flexibility index (Phi) is 4.04. The van der Waals surface area contributed by atoms with Gasteiger partial charge in [-0.25, -0.2) is 4.39 Å². The number of rotatable bonds is 4. The molecule has 102 valence electrons. The summed E-state index contributed by atoms with van der Waals surface area (Å²) in [7, 11) is 0. The van der Waals surface area contributed by atoms with Crippen molar-refractivity contribution >= 4 is 29.2 Å². The Morgan fingerprint density at radius 2 is 2.16 bits per heavy atom.